The van der Waals surface area contributed by atoms with Crippen molar-refractivity contribution in [1.82, 2.24) is 5.32 Å². The van der Waals surface area contributed by atoms with E-state index in [1.807, 2.05) is 6.07 Å². The highest BCUT2D eigenvalue weighted by Gasteiger charge is 2.19. The van der Waals surface area contributed by atoms with Gasteiger partial charge in [0.2, 0.25) is 9.84 Å². The van der Waals surface area contributed by atoms with Crippen molar-refractivity contribution in [2.24, 2.45) is 0 Å². The van der Waals surface area contributed by atoms with Gasteiger partial charge in [-0.25, -0.2) is 13.2 Å². The normalized spacial score (nSPS) is 11.8. The number of carboxylic acid groups (broad SMARTS) is 1. The van der Waals surface area contributed by atoms with E-state index in [0.717, 1.165) is 24.0 Å². The zero-order valence-corrected chi connectivity index (χ0v) is 23.8. The molecule has 4 aromatic rings. The highest BCUT2D eigenvalue weighted by atomic mass is 35.5. The number of rotatable bonds is 12. The topological polar surface area (TPSA) is 113 Å². The average molecular weight is 603 g/mol. The second-order valence-corrected chi connectivity index (χ2v) is 11.3. The number of carboxylic acids is 1. The molecule has 1 atom stereocenters. The monoisotopic (exact) mass is 601 g/mol. The molecule has 0 amide bonds. The lowest BCUT2D eigenvalue weighted by atomic mass is 10.1. The van der Waals surface area contributed by atoms with Crippen LogP contribution in [0.15, 0.2) is 107 Å². The molecule has 40 heavy (non-hydrogen) atoms. The number of carbonyl (C=O) groups is 1. The van der Waals surface area contributed by atoms with Crippen molar-refractivity contribution in [2.75, 3.05) is 13.1 Å². The number of sulfone groups is 1. The van der Waals surface area contributed by atoms with Crippen molar-refractivity contribution >= 4 is 39.8 Å². The third kappa shape index (κ3) is 8.06. The molecule has 0 saturated heterocycles. The van der Waals surface area contributed by atoms with Gasteiger partial charge in [-0.05, 0) is 85.1 Å². The zero-order valence-electron chi connectivity index (χ0n) is 21.4. The van der Waals surface area contributed by atoms with Crippen molar-refractivity contribution in [2.45, 2.75) is 28.7 Å². The summed E-state index contributed by atoms with van der Waals surface area (Å²) < 4.78 is 32.2. The number of nitrogens with one attached hydrogen (secondary N) is 1. The number of aliphatic hydroxyl groups is 1. The van der Waals surface area contributed by atoms with E-state index in [-0.39, 0.29) is 39.3 Å². The maximum absolute atomic E-state index is 13.2. The summed E-state index contributed by atoms with van der Waals surface area (Å²) >= 11 is 5.97. The smallest absolute Gasteiger partial charge is 0.339 e. The first-order valence-corrected chi connectivity index (χ1v) is 14.2. The number of para-hydroxylation sites is 1. The summed E-state index contributed by atoms with van der Waals surface area (Å²) in [6.45, 7) is 1.09. The molecule has 4 rings (SSSR count). The Morgan fingerprint density at radius 2 is 1.62 bits per heavy atom. The zero-order chi connectivity index (χ0) is 27.8. The molecule has 7 nitrogen and oxygen atoms in total. The molecule has 0 bridgehead atoms. The molecule has 0 aliphatic heterocycles. The van der Waals surface area contributed by atoms with Crippen LogP contribution in [0.4, 0.5) is 0 Å². The standard InChI is InChI=1S/C30H28ClNO6S.ClH/c31-23-8-3-7-22(18-23)28(33)20-32-17-5-6-21-13-15-25(16-14-21)39(36,37)26-10-4-9-24(19-26)38-29-12-2-1-11-27(29)30(34)35;/h1-4,7-16,18-19,28,32-33H,5-6,17,20H2,(H,34,35);1H/t28-;/m0./s1. The minimum absolute atomic E-state index is 0. The van der Waals surface area contributed by atoms with Crippen LogP contribution in [0.5, 0.6) is 11.5 Å². The summed E-state index contributed by atoms with van der Waals surface area (Å²) in [6, 6.07) is 26.0. The van der Waals surface area contributed by atoms with Gasteiger partial charge < -0.3 is 20.3 Å². The lowest BCUT2D eigenvalue weighted by molar-refractivity contribution is 0.0694. The van der Waals surface area contributed by atoms with Gasteiger partial charge in [-0.15, -0.1) is 12.4 Å². The summed E-state index contributed by atoms with van der Waals surface area (Å²) in [7, 11) is -3.81. The third-order valence-electron chi connectivity index (χ3n) is 6.08. The Labute approximate surface area is 244 Å². The Bertz CT molecular complexity index is 1540. The molecule has 0 aliphatic carbocycles. The predicted molar refractivity (Wildman–Crippen MR) is 157 cm³/mol. The number of aromatic carboxylic acids is 1. The molecule has 0 heterocycles. The number of aliphatic hydroxyl groups excluding tert-OH is 1. The van der Waals surface area contributed by atoms with Gasteiger partial charge in [-0.3, -0.25) is 0 Å². The summed E-state index contributed by atoms with van der Waals surface area (Å²) in [5.41, 5.74) is 1.73. The van der Waals surface area contributed by atoms with E-state index in [0.29, 0.717) is 18.1 Å². The molecule has 0 aliphatic rings. The molecule has 0 radical (unpaired) electrons. The number of hydrogen-bond donors (Lipinski definition) is 3. The Morgan fingerprint density at radius 1 is 0.900 bits per heavy atom. The Balaban J connectivity index is 0.00000441. The van der Waals surface area contributed by atoms with Gasteiger partial charge in [-0.2, -0.15) is 0 Å². The summed E-state index contributed by atoms with van der Waals surface area (Å²) in [6.07, 6.45) is 0.905. The summed E-state index contributed by atoms with van der Waals surface area (Å²) in [5.74, 6) is -0.799. The molecule has 0 unspecified atom stereocenters. The van der Waals surface area contributed by atoms with Crippen LogP contribution in [0, 0.1) is 0 Å². The fourth-order valence-electron chi connectivity index (χ4n) is 4.02. The van der Waals surface area contributed by atoms with Gasteiger partial charge >= 0.3 is 5.97 Å². The van der Waals surface area contributed by atoms with E-state index in [1.54, 1.807) is 66.7 Å². The highest BCUT2D eigenvalue weighted by Crippen LogP contribution is 2.29. The fraction of sp³-hybridized carbons (Fsp3) is 0.167. The molecule has 210 valence electrons. The first-order chi connectivity index (χ1) is 18.7. The van der Waals surface area contributed by atoms with Crippen molar-refractivity contribution in [1.29, 1.82) is 0 Å². The molecule has 3 N–H and O–H groups in total. The van der Waals surface area contributed by atoms with Crippen molar-refractivity contribution in [3.05, 3.63) is 119 Å². The van der Waals surface area contributed by atoms with Gasteiger partial charge in [0.1, 0.15) is 17.1 Å². The lowest BCUT2D eigenvalue weighted by Crippen LogP contribution is -2.22. The van der Waals surface area contributed by atoms with Crippen LogP contribution in [0.3, 0.4) is 0 Å². The minimum atomic E-state index is -3.81. The molecule has 0 spiro atoms. The number of hydrogen-bond acceptors (Lipinski definition) is 6. The van der Waals surface area contributed by atoms with Crippen molar-refractivity contribution in [3.63, 3.8) is 0 Å². The fourth-order valence-corrected chi connectivity index (χ4v) is 5.52. The third-order valence-corrected chi connectivity index (χ3v) is 8.09. The molecular weight excluding hydrogens is 573 g/mol. The summed E-state index contributed by atoms with van der Waals surface area (Å²) in [4.78, 5) is 11.6. The number of benzene rings is 4. The van der Waals surface area contributed by atoms with Crippen LogP contribution < -0.4 is 10.1 Å². The molecule has 0 aromatic heterocycles. The number of ether oxygens (including phenoxy) is 1. The van der Waals surface area contributed by atoms with Gasteiger partial charge in [0, 0.05) is 11.6 Å². The average Bonchev–Trinajstić information content (AvgIpc) is 2.93. The van der Waals surface area contributed by atoms with E-state index >= 15 is 0 Å². The maximum atomic E-state index is 13.2. The quantitative estimate of drug-likeness (QED) is 0.162. The largest absolute Gasteiger partial charge is 0.478 e. The Hall–Kier alpha value is -3.40. The maximum Gasteiger partial charge on any atom is 0.339 e. The van der Waals surface area contributed by atoms with Crippen LogP contribution in [0.2, 0.25) is 5.02 Å². The van der Waals surface area contributed by atoms with Crippen LogP contribution >= 0.6 is 24.0 Å². The molecule has 0 fully saturated rings. The van der Waals surface area contributed by atoms with Crippen LogP contribution in [-0.4, -0.2) is 37.7 Å². The van der Waals surface area contributed by atoms with Gasteiger partial charge in [-0.1, -0.05) is 54.1 Å². The van der Waals surface area contributed by atoms with Gasteiger partial charge in [0.05, 0.1) is 15.9 Å². The number of aryl methyl sites for hydroxylation is 1. The predicted octanol–water partition coefficient (Wildman–Crippen LogP) is 6.34. The van der Waals surface area contributed by atoms with E-state index in [2.05, 4.69) is 5.32 Å². The van der Waals surface area contributed by atoms with E-state index in [9.17, 15) is 23.4 Å². The van der Waals surface area contributed by atoms with E-state index in [1.165, 1.54) is 24.3 Å². The first-order valence-electron chi connectivity index (χ1n) is 12.3. The van der Waals surface area contributed by atoms with Crippen molar-refractivity contribution in [3.8, 4) is 11.5 Å². The van der Waals surface area contributed by atoms with E-state index in [4.69, 9.17) is 16.3 Å². The van der Waals surface area contributed by atoms with Gasteiger partial charge in [0.15, 0.2) is 0 Å². The first kappa shape index (κ1) is 31.1. The van der Waals surface area contributed by atoms with Gasteiger partial charge in [0.25, 0.3) is 0 Å². The SMILES string of the molecule is Cl.O=C(O)c1ccccc1Oc1cccc(S(=O)(=O)c2ccc(CCCNC[C@H](O)c3cccc(Cl)c3)cc2)c1. The molecular formula is C30H29Cl2NO6S. The Kier molecular flexibility index (Phi) is 11.1. The second-order valence-electron chi connectivity index (χ2n) is 8.90. The highest BCUT2D eigenvalue weighted by molar-refractivity contribution is 7.91. The molecule has 4 aromatic carbocycles. The molecule has 0 saturated carbocycles. The minimum Gasteiger partial charge on any atom is -0.478 e. The van der Waals surface area contributed by atoms with Crippen molar-refractivity contribution < 1.29 is 28.2 Å². The van der Waals surface area contributed by atoms with E-state index < -0.39 is 21.9 Å². The van der Waals surface area contributed by atoms with Crippen LogP contribution in [-0.2, 0) is 16.3 Å². The second kappa shape index (κ2) is 14.3. The Morgan fingerprint density at radius 3 is 2.35 bits per heavy atom. The number of halogens is 2. The van der Waals surface area contributed by atoms with Crippen LogP contribution in [0.1, 0.15) is 34.0 Å². The van der Waals surface area contributed by atoms with Crippen LogP contribution in [0.25, 0.3) is 0 Å². The molecule has 10 heteroatoms. The summed E-state index contributed by atoms with van der Waals surface area (Å²) in [5, 5.41) is 23.4. The lowest BCUT2D eigenvalue weighted by Gasteiger charge is -2.12.